The fourth-order valence-electron chi connectivity index (χ4n) is 4.21. The van der Waals surface area contributed by atoms with Crippen LogP contribution >= 0.6 is 0 Å². The molecule has 0 aliphatic rings. The number of fused-ring (bicyclic) bond motifs is 1. The number of halogens is 1. The second-order valence-electron chi connectivity index (χ2n) is 7.85. The predicted molar refractivity (Wildman–Crippen MR) is 112 cm³/mol. The molecule has 28 heavy (non-hydrogen) atoms. The second kappa shape index (κ2) is 8.32. The van der Waals surface area contributed by atoms with Crippen molar-refractivity contribution in [1.82, 2.24) is 4.57 Å². The molecule has 1 aromatic heterocycles. The molecule has 144 valence electrons. The molecule has 0 saturated carbocycles. The first-order valence-electron chi connectivity index (χ1n) is 9.59. The van der Waals surface area contributed by atoms with Gasteiger partial charge in [-0.3, -0.25) is 0 Å². The zero-order chi connectivity index (χ0) is 19.0. The van der Waals surface area contributed by atoms with Crippen LogP contribution in [0.3, 0.4) is 0 Å². The fourth-order valence-corrected chi connectivity index (χ4v) is 4.21. The van der Waals surface area contributed by atoms with Crippen LogP contribution in [0.25, 0.3) is 11.0 Å². The van der Waals surface area contributed by atoms with Crippen LogP contribution in [0.2, 0.25) is 0 Å². The molecular formula is C25H27BrN2. The van der Waals surface area contributed by atoms with Crippen LogP contribution in [0.15, 0.2) is 67.0 Å². The van der Waals surface area contributed by atoms with Gasteiger partial charge in [-0.1, -0.05) is 70.8 Å². The summed E-state index contributed by atoms with van der Waals surface area (Å²) in [6.45, 7) is 10.5. The minimum atomic E-state index is 0. The van der Waals surface area contributed by atoms with Gasteiger partial charge < -0.3 is 17.0 Å². The van der Waals surface area contributed by atoms with Crippen LogP contribution in [0.1, 0.15) is 33.4 Å². The zero-order valence-corrected chi connectivity index (χ0v) is 18.6. The number of benzene rings is 3. The van der Waals surface area contributed by atoms with Crippen molar-refractivity contribution in [2.24, 2.45) is 0 Å². The lowest BCUT2D eigenvalue weighted by atomic mass is 10.1. The van der Waals surface area contributed by atoms with Crippen molar-refractivity contribution in [3.63, 3.8) is 0 Å². The largest absolute Gasteiger partial charge is 1.00 e. The van der Waals surface area contributed by atoms with Crippen molar-refractivity contribution in [3.8, 4) is 0 Å². The van der Waals surface area contributed by atoms with E-state index in [1.165, 1.54) is 44.4 Å². The normalized spacial score (nSPS) is 10.9. The second-order valence-corrected chi connectivity index (χ2v) is 7.85. The molecule has 0 aliphatic heterocycles. The molecule has 3 heteroatoms. The molecule has 0 fully saturated rings. The number of nitrogens with zero attached hydrogens (tertiary/aromatic N) is 2. The summed E-state index contributed by atoms with van der Waals surface area (Å²) in [4.78, 5) is 0. The molecule has 3 aromatic carbocycles. The van der Waals surface area contributed by atoms with E-state index in [0.717, 1.165) is 13.1 Å². The van der Waals surface area contributed by atoms with Gasteiger partial charge in [0.15, 0.2) is 11.0 Å². The molecule has 0 spiro atoms. The van der Waals surface area contributed by atoms with Crippen molar-refractivity contribution in [1.29, 1.82) is 0 Å². The highest BCUT2D eigenvalue weighted by Crippen LogP contribution is 2.17. The Morgan fingerprint density at radius 2 is 1.25 bits per heavy atom. The van der Waals surface area contributed by atoms with E-state index in [4.69, 9.17) is 0 Å². The van der Waals surface area contributed by atoms with Gasteiger partial charge >= 0.3 is 0 Å². The summed E-state index contributed by atoms with van der Waals surface area (Å²) >= 11 is 0. The summed E-state index contributed by atoms with van der Waals surface area (Å²) in [5, 5.41) is 0. The number of hydrogen-bond donors (Lipinski definition) is 0. The average Bonchev–Trinajstić information content (AvgIpc) is 2.91. The molecule has 0 unspecified atom stereocenters. The summed E-state index contributed by atoms with van der Waals surface area (Å²) in [6.07, 6.45) is 2.26. The Bertz CT molecular complexity index is 997. The number of aromatic nitrogens is 2. The molecule has 0 atom stereocenters. The van der Waals surface area contributed by atoms with E-state index >= 15 is 0 Å². The Morgan fingerprint density at radius 3 is 1.86 bits per heavy atom. The van der Waals surface area contributed by atoms with Gasteiger partial charge in [0.05, 0.1) is 0 Å². The first kappa shape index (κ1) is 20.3. The van der Waals surface area contributed by atoms with Crippen molar-refractivity contribution >= 4 is 11.0 Å². The van der Waals surface area contributed by atoms with E-state index in [1.54, 1.807) is 0 Å². The summed E-state index contributed by atoms with van der Waals surface area (Å²) < 4.78 is 4.73. The molecule has 0 N–H and O–H groups in total. The molecule has 2 nitrogen and oxygen atoms in total. The van der Waals surface area contributed by atoms with Crippen molar-refractivity contribution in [2.75, 3.05) is 0 Å². The maximum absolute atomic E-state index is 2.37. The molecule has 0 bridgehead atoms. The Balaban J connectivity index is 0.00000225. The van der Waals surface area contributed by atoms with E-state index in [2.05, 4.69) is 104 Å². The SMILES string of the molecule is Cc1cc(C)cc(Cn2c[n+](Cc3cc(C)cc(C)c3)c3ccccc32)c1.[Br-]. The topological polar surface area (TPSA) is 8.81 Å². The minimum Gasteiger partial charge on any atom is -1.00 e. The van der Waals surface area contributed by atoms with Crippen LogP contribution in [-0.2, 0) is 13.1 Å². The van der Waals surface area contributed by atoms with Crippen molar-refractivity contribution < 1.29 is 21.5 Å². The molecule has 0 radical (unpaired) electrons. The highest BCUT2D eigenvalue weighted by Gasteiger charge is 2.16. The lowest BCUT2D eigenvalue weighted by Gasteiger charge is -2.04. The number of hydrogen-bond acceptors (Lipinski definition) is 0. The van der Waals surface area contributed by atoms with E-state index in [-0.39, 0.29) is 17.0 Å². The first-order chi connectivity index (χ1) is 13.0. The van der Waals surface area contributed by atoms with Gasteiger partial charge in [-0.15, -0.1) is 0 Å². The maximum Gasteiger partial charge on any atom is 0.245 e. The first-order valence-corrected chi connectivity index (χ1v) is 9.59. The Morgan fingerprint density at radius 1 is 0.714 bits per heavy atom. The summed E-state index contributed by atoms with van der Waals surface area (Å²) in [6, 6.07) is 22.3. The molecule has 0 amide bonds. The van der Waals surface area contributed by atoms with Crippen LogP contribution < -0.4 is 21.5 Å². The Kier molecular flexibility index (Phi) is 6.04. The van der Waals surface area contributed by atoms with Gasteiger partial charge in [-0.2, -0.15) is 0 Å². The predicted octanol–water partition coefficient (Wildman–Crippen LogP) is 2.26. The number of rotatable bonds is 4. The Hall–Kier alpha value is -2.39. The van der Waals surface area contributed by atoms with Crippen molar-refractivity contribution in [3.05, 3.63) is 100 Å². The molecule has 1 heterocycles. The number of imidazole rings is 1. The number of aryl methyl sites for hydroxylation is 4. The molecular weight excluding hydrogens is 408 g/mol. The lowest BCUT2D eigenvalue weighted by Crippen LogP contribution is -3.00. The van der Waals surface area contributed by atoms with Gasteiger partial charge in [0.2, 0.25) is 6.33 Å². The van der Waals surface area contributed by atoms with Crippen LogP contribution in [-0.4, -0.2) is 4.57 Å². The van der Waals surface area contributed by atoms with Crippen LogP contribution in [0, 0.1) is 27.7 Å². The lowest BCUT2D eigenvalue weighted by molar-refractivity contribution is -0.663. The maximum atomic E-state index is 2.37. The van der Waals surface area contributed by atoms with Gasteiger partial charge in [0.25, 0.3) is 0 Å². The third-order valence-corrected chi connectivity index (χ3v) is 5.05. The highest BCUT2D eigenvalue weighted by molar-refractivity contribution is 5.71. The fraction of sp³-hybridized carbons (Fsp3) is 0.240. The van der Waals surface area contributed by atoms with Gasteiger partial charge in [-0.25, -0.2) is 9.13 Å². The van der Waals surface area contributed by atoms with E-state index < -0.39 is 0 Å². The summed E-state index contributed by atoms with van der Waals surface area (Å²) in [5.74, 6) is 0. The molecule has 4 aromatic rings. The van der Waals surface area contributed by atoms with E-state index in [9.17, 15) is 0 Å². The zero-order valence-electron chi connectivity index (χ0n) is 17.0. The third kappa shape index (κ3) is 4.36. The van der Waals surface area contributed by atoms with Crippen molar-refractivity contribution in [2.45, 2.75) is 40.8 Å². The van der Waals surface area contributed by atoms with E-state index in [1.807, 2.05) is 0 Å². The molecule has 0 saturated heterocycles. The third-order valence-electron chi connectivity index (χ3n) is 5.05. The number of para-hydroxylation sites is 2. The summed E-state index contributed by atoms with van der Waals surface area (Å²) in [7, 11) is 0. The average molecular weight is 435 g/mol. The Labute approximate surface area is 178 Å². The minimum absolute atomic E-state index is 0. The summed E-state index contributed by atoms with van der Waals surface area (Å²) in [5.41, 5.74) is 10.6. The monoisotopic (exact) mass is 434 g/mol. The standard InChI is InChI=1S/C25H27N2.BrH/c1-18-9-19(2)12-22(11-18)15-26-17-27(25-8-6-5-7-24(25)26)16-23-13-20(3)10-21(4)14-23;/h5-14,17H,15-16H2,1-4H3;1H/q+1;/p-1. The molecule has 0 aliphatic carbocycles. The quantitative estimate of drug-likeness (QED) is 0.435. The highest BCUT2D eigenvalue weighted by atomic mass is 79.9. The van der Waals surface area contributed by atoms with Crippen LogP contribution in [0.5, 0.6) is 0 Å². The van der Waals surface area contributed by atoms with Gasteiger partial charge in [-0.05, 0) is 51.0 Å². The van der Waals surface area contributed by atoms with Gasteiger partial charge in [0.1, 0.15) is 13.1 Å². The smallest absolute Gasteiger partial charge is 0.245 e. The van der Waals surface area contributed by atoms with E-state index in [0.29, 0.717) is 0 Å². The van der Waals surface area contributed by atoms with Gasteiger partial charge in [0, 0.05) is 0 Å². The molecule has 4 rings (SSSR count). The van der Waals surface area contributed by atoms with Crippen LogP contribution in [0.4, 0.5) is 0 Å².